The maximum atomic E-state index is 12.8. The number of carbonyl (C=O) groups is 2. The molecule has 1 heterocycles. The first-order valence-corrected chi connectivity index (χ1v) is 8.89. The van der Waals surface area contributed by atoms with Crippen molar-refractivity contribution in [3.8, 4) is 5.75 Å². The van der Waals surface area contributed by atoms with Crippen molar-refractivity contribution in [1.29, 1.82) is 0 Å². The van der Waals surface area contributed by atoms with Crippen molar-refractivity contribution in [2.24, 2.45) is 0 Å². The van der Waals surface area contributed by atoms with Crippen molar-refractivity contribution >= 4 is 11.9 Å². The standard InChI is InChI=1S/C21H24N2O4/c1-14-9-10-15(2)18(11-14)27-13-17(24)12-23-19(25)21(3,22-20(23)26)16-7-5-4-6-8-16/h4-11,17,24H,12-13H2,1-3H3,(H,22,26)/t17-,21+/m0/s1. The first-order chi connectivity index (χ1) is 12.8. The molecule has 1 fully saturated rings. The van der Waals surface area contributed by atoms with Gasteiger partial charge in [-0.3, -0.25) is 9.69 Å². The van der Waals surface area contributed by atoms with Crippen LogP contribution in [-0.4, -0.2) is 41.2 Å². The molecule has 6 heteroatoms. The van der Waals surface area contributed by atoms with Crippen LogP contribution in [0.4, 0.5) is 4.79 Å². The lowest BCUT2D eigenvalue weighted by atomic mass is 9.92. The van der Waals surface area contributed by atoms with Gasteiger partial charge in [-0.25, -0.2) is 4.79 Å². The molecule has 2 aromatic rings. The van der Waals surface area contributed by atoms with Crippen molar-refractivity contribution in [3.63, 3.8) is 0 Å². The number of nitrogens with one attached hydrogen (secondary N) is 1. The van der Waals surface area contributed by atoms with Gasteiger partial charge >= 0.3 is 6.03 Å². The molecule has 27 heavy (non-hydrogen) atoms. The molecule has 0 aliphatic carbocycles. The van der Waals surface area contributed by atoms with Crippen molar-refractivity contribution in [2.75, 3.05) is 13.2 Å². The zero-order valence-corrected chi connectivity index (χ0v) is 15.7. The SMILES string of the molecule is Cc1ccc(C)c(OC[C@@H](O)CN2C(=O)N[C@](C)(c3ccccc3)C2=O)c1. The zero-order chi connectivity index (χ0) is 19.6. The predicted molar refractivity (Wildman–Crippen MR) is 101 cm³/mol. The number of imide groups is 1. The molecule has 2 atom stereocenters. The van der Waals surface area contributed by atoms with E-state index in [9.17, 15) is 14.7 Å². The molecule has 0 unspecified atom stereocenters. The van der Waals surface area contributed by atoms with E-state index in [0.29, 0.717) is 11.3 Å². The Morgan fingerprint density at radius 3 is 2.56 bits per heavy atom. The maximum absolute atomic E-state index is 12.8. The number of carbonyl (C=O) groups excluding carboxylic acids is 2. The molecule has 0 aromatic heterocycles. The summed E-state index contributed by atoms with van der Waals surface area (Å²) < 4.78 is 5.68. The van der Waals surface area contributed by atoms with E-state index in [1.54, 1.807) is 19.1 Å². The molecule has 2 aromatic carbocycles. The second-order valence-electron chi connectivity index (χ2n) is 7.07. The van der Waals surface area contributed by atoms with Gasteiger partial charge in [-0.2, -0.15) is 0 Å². The lowest BCUT2D eigenvalue weighted by molar-refractivity contribution is -0.132. The third-order valence-corrected chi connectivity index (χ3v) is 4.79. The van der Waals surface area contributed by atoms with Crippen LogP contribution in [0.15, 0.2) is 48.5 Å². The molecule has 3 rings (SSSR count). The summed E-state index contributed by atoms with van der Waals surface area (Å²) in [6.07, 6.45) is -0.988. The molecule has 3 amide bonds. The third kappa shape index (κ3) is 3.80. The summed E-state index contributed by atoms with van der Waals surface area (Å²) >= 11 is 0. The van der Waals surface area contributed by atoms with Crippen LogP contribution < -0.4 is 10.1 Å². The van der Waals surface area contributed by atoms with Gasteiger partial charge in [0.15, 0.2) is 0 Å². The summed E-state index contributed by atoms with van der Waals surface area (Å²) in [7, 11) is 0. The van der Waals surface area contributed by atoms with Gasteiger partial charge in [0.2, 0.25) is 0 Å². The van der Waals surface area contributed by atoms with Crippen molar-refractivity contribution in [1.82, 2.24) is 10.2 Å². The molecule has 1 aliphatic heterocycles. The molecular formula is C21H24N2O4. The van der Waals surface area contributed by atoms with E-state index in [0.717, 1.165) is 16.0 Å². The van der Waals surface area contributed by atoms with Gasteiger partial charge in [0, 0.05) is 0 Å². The summed E-state index contributed by atoms with van der Waals surface area (Å²) in [5.41, 5.74) is 1.58. The average molecular weight is 368 g/mol. The first kappa shape index (κ1) is 18.9. The number of urea groups is 1. The number of hydrogen-bond acceptors (Lipinski definition) is 4. The number of ether oxygens (including phenoxy) is 1. The number of amides is 3. The Kier molecular flexibility index (Phi) is 5.19. The Morgan fingerprint density at radius 2 is 1.85 bits per heavy atom. The molecular weight excluding hydrogens is 344 g/mol. The number of β-amino-alcohol motifs (C(OH)–C–C–N with tert-alkyl or cyclic N) is 1. The minimum atomic E-state index is -1.13. The van der Waals surface area contributed by atoms with Gasteiger partial charge in [-0.1, -0.05) is 42.5 Å². The maximum Gasteiger partial charge on any atom is 0.325 e. The van der Waals surface area contributed by atoms with Gasteiger partial charge in [0.05, 0.1) is 6.54 Å². The van der Waals surface area contributed by atoms with Crippen LogP contribution in [0.2, 0.25) is 0 Å². The van der Waals surface area contributed by atoms with E-state index in [1.165, 1.54) is 0 Å². The highest BCUT2D eigenvalue weighted by atomic mass is 16.5. The molecule has 0 radical (unpaired) electrons. The number of nitrogens with zero attached hydrogens (tertiary/aromatic N) is 1. The third-order valence-electron chi connectivity index (χ3n) is 4.79. The molecule has 1 aliphatic rings. The topological polar surface area (TPSA) is 78.9 Å². The van der Waals surface area contributed by atoms with Crippen molar-refractivity contribution in [3.05, 3.63) is 65.2 Å². The molecule has 2 N–H and O–H groups in total. The van der Waals surface area contributed by atoms with Gasteiger partial charge in [0.25, 0.3) is 5.91 Å². The van der Waals surface area contributed by atoms with Crippen LogP contribution >= 0.6 is 0 Å². The van der Waals surface area contributed by atoms with Crippen molar-refractivity contribution < 1.29 is 19.4 Å². The lowest BCUT2D eigenvalue weighted by Crippen LogP contribution is -2.42. The van der Waals surface area contributed by atoms with Gasteiger partial charge in [0.1, 0.15) is 24.0 Å². The highest BCUT2D eigenvalue weighted by Gasteiger charge is 2.49. The van der Waals surface area contributed by atoms with Crippen LogP contribution in [0.25, 0.3) is 0 Å². The highest BCUT2D eigenvalue weighted by molar-refractivity contribution is 6.07. The zero-order valence-electron chi connectivity index (χ0n) is 15.7. The van der Waals surface area contributed by atoms with E-state index in [4.69, 9.17) is 4.74 Å². The fraction of sp³-hybridized carbons (Fsp3) is 0.333. The molecule has 6 nitrogen and oxygen atoms in total. The molecule has 142 valence electrons. The second-order valence-corrected chi connectivity index (χ2v) is 7.07. The van der Waals surface area contributed by atoms with Crippen LogP contribution in [0.5, 0.6) is 5.75 Å². The largest absolute Gasteiger partial charge is 0.491 e. The van der Waals surface area contributed by atoms with Crippen LogP contribution in [0.1, 0.15) is 23.6 Å². The number of hydrogen-bond donors (Lipinski definition) is 2. The lowest BCUT2D eigenvalue weighted by Gasteiger charge is -2.23. The summed E-state index contributed by atoms with van der Waals surface area (Å²) in [5, 5.41) is 13.0. The van der Waals surface area contributed by atoms with E-state index >= 15 is 0 Å². The molecule has 1 saturated heterocycles. The Balaban J connectivity index is 1.66. The summed E-state index contributed by atoms with van der Waals surface area (Å²) in [6, 6.07) is 14.4. The van der Waals surface area contributed by atoms with E-state index in [-0.39, 0.29) is 19.1 Å². The van der Waals surface area contributed by atoms with Crippen LogP contribution in [0, 0.1) is 13.8 Å². The highest BCUT2D eigenvalue weighted by Crippen LogP contribution is 2.28. The average Bonchev–Trinajstić information content (AvgIpc) is 2.87. The Bertz CT molecular complexity index is 853. The van der Waals surface area contributed by atoms with E-state index in [2.05, 4.69) is 5.32 Å². The quantitative estimate of drug-likeness (QED) is 0.768. The fourth-order valence-corrected chi connectivity index (χ4v) is 3.14. The van der Waals surface area contributed by atoms with Crippen molar-refractivity contribution in [2.45, 2.75) is 32.4 Å². The number of aryl methyl sites for hydroxylation is 2. The Hall–Kier alpha value is -2.86. The normalized spacial score (nSPS) is 20.5. The smallest absolute Gasteiger partial charge is 0.325 e. The first-order valence-electron chi connectivity index (χ1n) is 8.89. The Morgan fingerprint density at radius 1 is 1.15 bits per heavy atom. The number of aliphatic hydroxyl groups excluding tert-OH is 1. The summed E-state index contributed by atoms with van der Waals surface area (Å²) in [6.45, 7) is 5.41. The predicted octanol–water partition coefficient (Wildman–Crippen LogP) is 2.51. The van der Waals surface area contributed by atoms with Gasteiger partial charge in [-0.05, 0) is 43.5 Å². The van der Waals surface area contributed by atoms with Crippen LogP contribution in [-0.2, 0) is 10.3 Å². The Labute approximate surface area is 158 Å². The fourth-order valence-electron chi connectivity index (χ4n) is 3.14. The number of benzene rings is 2. The summed E-state index contributed by atoms with van der Waals surface area (Å²) in [4.78, 5) is 26.2. The monoisotopic (exact) mass is 368 g/mol. The van der Waals surface area contributed by atoms with E-state index in [1.807, 2.05) is 50.2 Å². The summed E-state index contributed by atoms with van der Waals surface area (Å²) in [5.74, 6) is 0.296. The molecule has 0 saturated carbocycles. The second kappa shape index (κ2) is 7.40. The molecule has 0 spiro atoms. The van der Waals surface area contributed by atoms with Gasteiger partial charge in [-0.15, -0.1) is 0 Å². The minimum absolute atomic E-state index is 0.0105. The number of aliphatic hydroxyl groups is 1. The van der Waals surface area contributed by atoms with E-state index < -0.39 is 17.7 Å². The minimum Gasteiger partial charge on any atom is -0.491 e. The molecule has 0 bridgehead atoms. The number of rotatable bonds is 6. The van der Waals surface area contributed by atoms with Gasteiger partial charge < -0.3 is 15.2 Å². The van der Waals surface area contributed by atoms with Crippen LogP contribution in [0.3, 0.4) is 0 Å².